The van der Waals surface area contributed by atoms with Crippen LogP contribution in [0.15, 0.2) is 59.0 Å². The standard InChI is InChI=1S/C22H26N3O.C12H15NO.C11H18N2O2/c1-3-24(4-2)16-9-10-18-20(14-16)26-22-17-8-6-12-25-11-5-7-15(21(17)25)13-19(22)23-18;14-11-6-5-9-3-1-7-13-8-2-4-10(11)12(9)13;1-4-13(5-2)9-6-7-10(15-12)11(8-9)14-3/h9-10,13-14H,3-8,11-12H2,1-2H3;5-6,14H,1-4,7-8H2;6-8H,4-5,12H2,1-3H3/q+1;;. The number of nitrogens with zero attached hydrogens (tertiary/aromatic N) is 5. The summed E-state index contributed by atoms with van der Waals surface area (Å²) in [7, 11) is 1.60. The molecule has 0 amide bonds. The lowest BCUT2D eigenvalue weighted by molar-refractivity contribution is 0.306. The highest BCUT2D eigenvalue weighted by atomic mass is 16.6. The second kappa shape index (κ2) is 17.2. The third-order valence-corrected chi connectivity index (χ3v) is 11.8. The number of phenols is 1. The number of aromatic hydroxyl groups is 1. The van der Waals surface area contributed by atoms with Crippen LogP contribution in [0.1, 0.15) is 75.6 Å². The van der Waals surface area contributed by atoms with Crippen molar-refractivity contribution in [2.75, 3.05) is 74.2 Å². The fraction of sp³-hybridized carbons (Fsp3) is 0.467. The van der Waals surface area contributed by atoms with Gasteiger partial charge >= 0.3 is 0 Å². The summed E-state index contributed by atoms with van der Waals surface area (Å²) in [5, 5.41) is 11.0. The molecule has 1 aliphatic carbocycles. The van der Waals surface area contributed by atoms with Gasteiger partial charge in [-0.25, -0.2) is 9.56 Å². The quantitative estimate of drug-likeness (QED) is 0.101. The van der Waals surface area contributed by atoms with Crippen molar-refractivity contribution in [2.24, 2.45) is 5.90 Å². The van der Waals surface area contributed by atoms with E-state index in [4.69, 9.17) is 24.9 Å². The van der Waals surface area contributed by atoms with Crippen molar-refractivity contribution in [1.82, 2.24) is 9.56 Å². The summed E-state index contributed by atoms with van der Waals surface area (Å²) in [6, 6.07) is 18.3. The normalized spacial score (nSPS) is 15.2. The largest absolute Gasteiger partial charge is 0.508 e. The molecule has 0 radical (unpaired) electrons. The highest BCUT2D eigenvalue weighted by Crippen LogP contribution is 2.41. The number of rotatable bonds is 7. The summed E-state index contributed by atoms with van der Waals surface area (Å²) in [6.45, 7) is 17.2. The number of anilines is 3. The second-order valence-electron chi connectivity index (χ2n) is 14.8. The summed E-state index contributed by atoms with van der Waals surface area (Å²) in [5.41, 5.74) is 12.3. The summed E-state index contributed by atoms with van der Waals surface area (Å²) in [6.07, 6.45) is 9.39. The summed E-state index contributed by atoms with van der Waals surface area (Å²) in [5.74, 6) is 7.72. The molecule has 0 unspecified atom stereocenters. The van der Waals surface area contributed by atoms with Crippen molar-refractivity contribution >= 4 is 28.2 Å². The Balaban J connectivity index is 0.000000137. The molecule has 5 aliphatic heterocycles. The molecular formula is C45H59N6O4+. The molecular weight excluding hydrogens is 689 g/mol. The predicted octanol–water partition coefficient (Wildman–Crippen LogP) is 7.33. The van der Waals surface area contributed by atoms with Gasteiger partial charge in [0.05, 0.1) is 13.2 Å². The van der Waals surface area contributed by atoms with Gasteiger partial charge in [-0.2, -0.15) is 5.90 Å². The molecule has 0 fully saturated rings. The van der Waals surface area contributed by atoms with Crippen LogP contribution >= 0.6 is 0 Å². The Bertz CT molecular complexity index is 2150. The molecule has 5 heterocycles. The van der Waals surface area contributed by atoms with Crippen LogP contribution in [0.2, 0.25) is 0 Å². The van der Waals surface area contributed by atoms with E-state index in [0.29, 0.717) is 17.2 Å². The van der Waals surface area contributed by atoms with E-state index in [2.05, 4.69) is 77.3 Å². The Morgan fingerprint density at radius 3 is 2.07 bits per heavy atom. The minimum absolute atomic E-state index is 0.496. The molecule has 0 saturated heterocycles. The lowest BCUT2D eigenvalue weighted by atomic mass is 9.91. The van der Waals surface area contributed by atoms with E-state index in [9.17, 15) is 5.11 Å². The highest BCUT2D eigenvalue weighted by molar-refractivity contribution is 5.87. The van der Waals surface area contributed by atoms with Crippen LogP contribution in [0.4, 0.5) is 17.1 Å². The average molecular weight is 748 g/mol. The van der Waals surface area contributed by atoms with Gasteiger partial charge in [0, 0.05) is 79.6 Å². The number of ether oxygens (including phenoxy) is 1. The predicted molar refractivity (Wildman–Crippen MR) is 224 cm³/mol. The van der Waals surface area contributed by atoms with E-state index in [1.165, 1.54) is 97.3 Å². The number of hydrogen-bond acceptors (Lipinski definition) is 9. The van der Waals surface area contributed by atoms with E-state index in [1.54, 1.807) is 7.11 Å². The molecule has 0 saturated carbocycles. The maximum absolute atomic E-state index is 9.79. The number of aryl methyl sites for hydroxylation is 3. The zero-order chi connectivity index (χ0) is 38.5. The zero-order valence-electron chi connectivity index (χ0n) is 33.5. The van der Waals surface area contributed by atoms with Gasteiger partial charge in [0.1, 0.15) is 30.0 Å². The molecule has 3 aromatic carbocycles. The van der Waals surface area contributed by atoms with Crippen LogP contribution in [0.3, 0.4) is 0 Å². The van der Waals surface area contributed by atoms with Gasteiger partial charge in [-0.3, -0.25) is 0 Å². The first-order valence-corrected chi connectivity index (χ1v) is 20.5. The maximum Gasteiger partial charge on any atom is 0.203 e. The first-order valence-electron chi connectivity index (χ1n) is 20.5. The summed E-state index contributed by atoms with van der Waals surface area (Å²) < 4.78 is 14.0. The van der Waals surface area contributed by atoms with Crippen LogP contribution < -0.4 is 40.1 Å². The van der Waals surface area contributed by atoms with Crippen LogP contribution in [-0.4, -0.2) is 69.6 Å². The topological polar surface area (TPSA) is 103 Å². The van der Waals surface area contributed by atoms with Gasteiger partial charge in [-0.1, -0.05) is 6.07 Å². The lowest BCUT2D eigenvalue weighted by Crippen LogP contribution is -2.34. The molecule has 10 heteroatoms. The first kappa shape index (κ1) is 38.3. The molecule has 0 aromatic heterocycles. The Morgan fingerprint density at radius 2 is 1.42 bits per heavy atom. The number of nitrogens with two attached hydrogens (primary N) is 1. The smallest absolute Gasteiger partial charge is 0.203 e. The molecule has 292 valence electrons. The van der Waals surface area contributed by atoms with Crippen LogP contribution in [0, 0.1) is 0 Å². The van der Waals surface area contributed by atoms with Crippen molar-refractivity contribution in [3.63, 3.8) is 0 Å². The van der Waals surface area contributed by atoms with Gasteiger partial charge in [-0.15, -0.1) is 0 Å². The fourth-order valence-corrected chi connectivity index (χ4v) is 9.01. The van der Waals surface area contributed by atoms with Gasteiger partial charge in [0.15, 0.2) is 22.8 Å². The van der Waals surface area contributed by atoms with E-state index in [1.807, 2.05) is 24.3 Å². The van der Waals surface area contributed by atoms with Gasteiger partial charge in [0.2, 0.25) is 5.36 Å². The Hall–Kier alpha value is -4.96. The lowest BCUT2D eigenvalue weighted by Gasteiger charge is -2.37. The minimum atomic E-state index is 0.496. The summed E-state index contributed by atoms with van der Waals surface area (Å²) >= 11 is 0. The number of aromatic nitrogens is 1. The average Bonchev–Trinajstić information content (AvgIpc) is 3.23. The molecule has 3 aromatic rings. The Morgan fingerprint density at radius 1 is 0.764 bits per heavy atom. The van der Waals surface area contributed by atoms with E-state index in [0.717, 1.165) is 73.7 Å². The van der Waals surface area contributed by atoms with Gasteiger partial charge < -0.3 is 33.8 Å². The van der Waals surface area contributed by atoms with Crippen molar-refractivity contribution in [3.05, 3.63) is 82.2 Å². The summed E-state index contributed by atoms with van der Waals surface area (Å²) in [4.78, 5) is 16.9. The molecule has 3 N–H and O–H groups in total. The number of phenolic OH excluding ortho intramolecular Hbond substituents is 1. The highest BCUT2D eigenvalue weighted by Gasteiger charge is 2.28. The van der Waals surface area contributed by atoms with Crippen molar-refractivity contribution in [3.8, 4) is 28.7 Å². The molecule has 6 aliphatic rings. The number of benzene rings is 4. The zero-order valence-corrected chi connectivity index (χ0v) is 33.5. The monoisotopic (exact) mass is 747 g/mol. The molecule has 0 spiro atoms. The number of hydrogen-bond donors (Lipinski definition) is 2. The minimum Gasteiger partial charge on any atom is -0.508 e. The van der Waals surface area contributed by atoms with Gasteiger partial charge in [0.25, 0.3) is 0 Å². The number of fused-ring (bicyclic) bond motifs is 3. The maximum atomic E-state index is 9.79. The molecule has 0 bridgehead atoms. The molecule has 55 heavy (non-hydrogen) atoms. The second-order valence-corrected chi connectivity index (χ2v) is 14.8. The van der Waals surface area contributed by atoms with Crippen molar-refractivity contribution in [1.29, 1.82) is 0 Å². The van der Waals surface area contributed by atoms with E-state index < -0.39 is 0 Å². The Labute approximate surface area is 326 Å². The first-order chi connectivity index (χ1) is 26.9. The van der Waals surface area contributed by atoms with Crippen molar-refractivity contribution < 1.29 is 19.1 Å². The molecule has 9 rings (SSSR count). The molecule has 0 atom stereocenters. The third kappa shape index (κ3) is 7.79. The SMILES string of the molecule is CCN(CC)c1ccc(ON)c(OC)c1.CC[N+](CC)=c1ccc2nc3cc4c5c(c3oc-2c1)CCCN5CCC4.Oc1ccc2c3c1CCCN3CCC2. The van der Waals surface area contributed by atoms with E-state index in [-0.39, 0.29) is 0 Å². The van der Waals surface area contributed by atoms with Crippen LogP contribution in [0.5, 0.6) is 17.2 Å². The Kier molecular flexibility index (Phi) is 12.0. The third-order valence-electron chi connectivity index (χ3n) is 11.8. The van der Waals surface area contributed by atoms with Crippen LogP contribution in [-0.2, 0) is 25.7 Å². The van der Waals surface area contributed by atoms with Crippen LogP contribution in [0.25, 0.3) is 22.6 Å². The molecule has 10 nitrogen and oxygen atoms in total. The van der Waals surface area contributed by atoms with Gasteiger partial charge in [-0.05, 0) is 121 Å². The number of methoxy groups -OCH3 is 1. The van der Waals surface area contributed by atoms with E-state index >= 15 is 0 Å². The fourth-order valence-electron chi connectivity index (χ4n) is 9.01. The van der Waals surface area contributed by atoms with Crippen molar-refractivity contribution in [2.45, 2.75) is 79.1 Å².